The van der Waals surface area contributed by atoms with Gasteiger partial charge in [-0.15, -0.1) is 0 Å². The van der Waals surface area contributed by atoms with Crippen LogP contribution in [0.15, 0.2) is 90.0 Å². The number of hydrogen-bond donors (Lipinski definition) is 3. The van der Waals surface area contributed by atoms with Crippen molar-refractivity contribution >= 4 is 27.5 Å². The lowest BCUT2D eigenvalue weighted by atomic mass is 9.80. The van der Waals surface area contributed by atoms with Gasteiger partial charge in [-0.3, -0.25) is 9.35 Å². The summed E-state index contributed by atoms with van der Waals surface area (Å²) in [5.74, 6) is -0.791. The monoisotopic (exact) mass is 510 g/mol. The Labute approximate surface area is 213 Å². The molecule has 2 aromatic rings. The summed E-state index contributed by atoms with van der Waals surface area (Å²) in [5, 5.41) is 12.1. The van der Waals surface area contributed by atoms with Gasteiger partial charge in [0.2, 0.25) is 0 Å². The van der Waals surface area contributed by atoms with Crippen LogP contribution in [0, 0.1) is 0 Å². The van der Waals surface area contributed by atoms with Gasteiger partial charge in [-0.25, -0.2) is 0 Å². The average molecular weight is 511 g/mol. The Morgan fingerprint density at radius 2 is 1.75 bits per heavy atom. The summed E-state index contributed by atoms with van der Waals surface area (Å²) in [6.45, 7) is 4.83. The van der Waals surface area contributed by atoms with E-state index in [1.807, 2.05) is 60.8 Å². The van der Waals surface area contributed by atoms with Gasteiger partial charge in [0, 0.05) is 36.0 Å². The van der Waals surface area contributed by atoms with E-state index in [9.17, 15) is 17.8 Å². The van der Waals surface area contributed by atoms with Crippen LogP contribution in [0.5, 0.6) is 0 Å². The first-order chi connectivity index (χ1) is 17.1. The highest BCUT2D eigenvalue weighted by Gasteiger charge is 2.43. The van der Waals surface area contributed by atoms with Crippen molar-refractivity contribution in [3.8, 4) is 0 Å². The maximum absolute atomic E-state index is 11.8. The summed E-state index contributed by atoms with van der Waals surface area (Å²) in [5.41, 5.74) is 2.38. The number of fused-ring (bicyclic) bond motifs is 1. The second-order valence-electron chi connectivity index (χ2n) is 9.36. The molecule has 1 heterocycles. The van der Waals surface area contributed by atoms with Crippen LogP contribution in [0.1, 0.15) is 45.1 Å². The van der Waals surface area contributed by atoms with Gasteiger partial charge >= 0.3 is 5.97 Å². The Morgan fingerprint density at radius 1 is 1.03 bits per heavy atom. The Hall–Kier alpha value is -3.36. The van der Waals surface area contributed by atoms with E-state index in [1.165, 1.54) is 6.07 Å². The van der Waals surface area contributed by atoms with Crippen molar-refractivity contribution in [1.82, 2.24) is 0 Å². The van der Waals surface area contributed by atoms with Gasteiger partial charge in [-0.2, -0.15) is 8.42 Å². The fourth-order valence-electron chi connectivity index (χ4n) is 4.51. The molecule has 7 nitrogen and oxygen atoms in total. The number of nitrogens with one attached hydrogen (secondary N) is 1. The first-order valence-electron chi connectivity index (χ1n) is 12.0. The fraction of sp³-hybridized carbons (Fsp3) is 0.321. The lowest BCUT2D eigenvalue weighted by molar-refractivity contribution is -0.137. The third-order valence-electron chi connectivity index (χ3n) is 6.38. The molecule has 0 spiro atoms. The third-order valence-corrected chi connectivity index (χ3v) is 7.23. The van der Waals surface area contributed by atoms with Crippen LogP contribution < -0.4 is 10.2 Å². The molecule has 1 aliphatic heterocycles. The summed E-state index contributed by atoms with van der Waals surface area (Å²) < 4.78 is 33.1. The van der Waals surface area contributed by atoms with E-state index in [2.05, 4.69) is 30.1 Å². The molecular formula is C28H34N2O5S. The van der Waals surface area contributed by atoms with Crippen LogP contribution in [0.4, 0.5) is 11.4 Å². The third kappa shape index (κ3) is 7.08. The van der Waals surface area contributed by atoms with Gasteiger partial charge in [0.1, 0.15) is 0 Å². The van der Waals surface area contributed by atoms with Crippen LogP contribution in [-0.4, -0.2) is 36.6 Å². The largest absolute Gasteiger partial charge is 0.481 e. The Kier molecular flexibility index (Phi) is 9.12. The van der Waals surface area contributed by atoms with Crippen molar-refractivity contribution in [1.29, 1.82) is 0 Å². The molecule has 192 valence electrons. The molecule has 0 amide bonds. The van der Waals surface area contributed by atoms with Gasteiger partial charge in [-0.1, -0.05) is 62.8 Å². The molecule has 0 aliphatic carbocycles. The van der Waals surface area contributed by atoms with Gasteiger partial charge in [0.25, 0.3) is 10.1 Å². The Balaban J connectivity index is 1.75. The molecule has 3 rings (SSSR count). The normalized spacial score (nSPS) is 17.3. The summed E-state index contributed by atoms with van der Waals surface area (Å²) in [6.07, 6.45) is 14.1. The van der Waals surface area contributed by atoms with Gasteiger partial charge in [0.15, 0.2) is 0 Å². The second-order valence-corrected chi connectivity index (χ2v) is 10.8. The number of rotatable bonds is 12. The quantitative estimate of drug-likeness (QED) is 0.189. The number of carboxylic acids is 1. The number of benzene rings is 2. The predicted octanol–water partition coefficient (Wildman–Crippen LogP) is 5.78. The van der Waals surface area contributed by atoms with E-state index < -0.39 is 21.5 Å². The van der Waals surface area contributed by atoms with E-state index in [0.717, 1.165) is 29.8 Å². The first kappa shape index (κ1) is 27.2. The minimum Gasteiger partial charge on any atom is -0.481 e. The number of para-hydroxylation sites is 1. The molecule has 1 unspecified atom stereocenters. The average Bonchev–Trinajstić information content (AvgIpc) is 3.04. The van der Waals surface area contributed by atoms with E-state index in [1.54, 1.807) is 12.1 Å². The lowest BCUT2D eigenvalue weighted by Crippen LogP contribution is -2.40. The Morgan fingerprint density at radius 3 is 2.44 bits per heavy atom. The number of anilines is 2. The first-order valence-corrected chi connectivity index (χ1v) is 13.5. The molecule has 3 N–H and O–H groups in total. The van der Waals surface area contributed by atoms with Crippen LogP contribution in [-0.2, 0) is 20.3 Å². The molecular weight excluding hydrogens is 476 g/mol. The minimum atomic E-state index is -4.31. The van der Waals surface area contributed by atoms with Crippen molar-refractivity contribution in [2.75, 3.05) is 16.8 Å². The zero-order chi connectivity index (χ0) is 26.2. The molecule has 2 aromatic carbocycles. The van der Waals surface area contributed by atoms with Crippen LogP contribution in [0.3, 0.4) is 0 Å². The minimum absolute atomic E-state index is 0.0419. The summed E-state index contributed by atoms with van der Waals surface area (Å²) in [7, 11) is -4.31. The molecule has 0 bridgehead atoms. The SMILES string of the molecule is CC1(C)c2cc(S(=O)(=O)O)ccc2N(CCCCCC(=O)O)C1C=CC=CC=CNc1ccccc1. The zero-order valence-corrected chi connectivity index (χ0v) is 21.5. The highest BCUT2D eigenvalue weighted by Crippen LogP contribution is 2.46. The van der Waals surface area contributed by atoms with Crippen LogP contribution >= 0.6 is 0 Å². The predicted molar refractivity (Wildman–Crippen MR) is 144 cm³/mol. The molecule has 0 radical (unpaired) electrons. The molecule has 0 saturated heterocycles. The van der Waals surface area contributed by atoms with Gasteiger partial charge < -0.3 is 15.3 Å². The summed E-state index contributed by atoms with van der Waals surface area (Å²) >= 11 is 0. The van der Waals surface area contributed by atoms with Crippen molar-refractivity contribution in [2.45, 2.75) is 55.9 Å². The number of unbranched alkanes of at least 4 members (excludes halogenated alkanes) is 2. The number of aliphatic carboxylic acids is 1. The van der Waals surface area contributed by atoms with Crippen LogP contribution in [0.25, 0.3) is 0 Å². The molecule has 8 heteroatoms. The van der Waals surface area contributed by atoms with Crippen molar-refractivity contribution in [2.24, 2.45) is 0 Å². The second kappa shape index (κ2) is 12.1. The molecule has 36 heavy (non-hydrogen) atoms. The fourth-order valence-corrected chi connectivity index (χ4v) is 5.02. The maximum Gasteiger partial charge on any atom is 0.303 e. The topological polar surface area (TPSA) is 107 Å². The van der Waals surface area contributed by atoms with Gasteiger partial charge in [0.05, 0.1) is 10.9 Å². The number of carbonyl (C=O) groups is 1. The number of nitrogens with zero attached hydrogens (tertiary/aromatic N) is 1. The lowest BCUT2D eigenvalue weighted by Gasteiger charge is -2.32. The van der Waals surface area contributed by atoms with Crippen molar-refractivity contribution in [3.63, 3.8) is 0 Å². The molecule has 0 aromatic heterocycles. The maximum atomic E-state index is 11.8. The van der Waals surface area contributed by atoms with E-state index in [0.29, 0.717) is 13.0 Å². The highest BCUT2D eigenvalue weighted by molar-refractivity contribution is 7.85. The van der Waals surface area contributed by atoms with E-state index in [4.69, 9.17) is 5.11 Å². The number of allylic oxidation sites excluding steroid dienone is 4. The smallest absolute Gasteiger partial charge is 0.303 e. The van der Waals surface area contributed by atoms with Crippen LogP contribution in [0.2, 0.25) is 0 Å². The standard InChI is InChI=1S/C28H34N2O5S/c1-28(2)24-21-23(36(33,34)35)17-18-25(24)30(20-12-6-10-16-27(31)32)26(28)15-9-3-4-11-19-29-22-13-7-5-8-14-22/h3-5,7-9,11,13-15,17-19,21,26,29H,6,10,12,16,20H2,1-2H3,(H,31,32)(H,33,34,35). The summed E-state index contributed by atoms with van der Waals surface area (Å²) in [4.78, 5) is 12.9. The number of hydrogen-bond acceptors (Lipinski definition) is 5. The molecule has 0 saturated carbocycles. The number of carboxylic acid groups (broad SMARTS) is 1. The van der Waals surface area contributed by atoms with Crippen molar-refractivity contribution in [3.05, 3.63) is 90.7 Å². The highest BCUT2D eigenvalue weighted by atomic mass is 32.2. The molecule has 1 aliphatic rings. The molecule has 1 atom stereocenters. The van der Waals surface area contributed by atoms with Crippen molar-refractivity contribution < 1.29 is 22.9 Å². The summed E-state index contributed by atoms with van der Waals surface area (Å²) in [6, 6.07) is 14.6. The Bertz CT molecular complexity index is 1230. The van der Waals surface area contributed by atoms with E-state index in [-0.39, 0.29) is 17.4 Å². The zero-order valence-electron chi connectivity index (χ0n) is 20.7. The molecule has 0 fully saturated rings. The van der Waals surface area contributed by atoms with Gasteiger partial charge in [-0.05, 0) is 54.8 Å². The van der Waals surface area contributed by atoms with E-state index >= 15 is 0 Å².